The Kier molecular flexibility index (Phi) is 3.90. The molecule has 0 atom stereocenters. The van der Waals surface area contributed by atoms with Gasteiger partial charge in [-0.3, -0.25) is 29.6 Å². The summed E-state index contributed by atoms with van der Waals surface area (Å²) in [6.07, 6.45) is 2.74. The van der Waals surface area contributed by atoms with E-state index in [4.69, 9.17) is 0 Å². The molecule has 0 saturated heterocycles. The smallest absolute Gasteiger partial charge is 0.268 e. The Bertz CT molecular complexity index is 961. The van der Waals surface area contributed by atoms with Crippen LogP contribution in [-0.4, -0.2) is 21.2 Å². The van der Waals surface area contributed by atoms with Crippen LogP contribution in [0.2, 0.25) is 0 Å². The number of carbonyl (C=O) groups excluding carboxylic acids is 2. The molecule has 3 aromatic rings. The summed E-state index contributed by atoms with van der Waals surface area (Å²) in [5.74, 6) is -1.17. The standard InChI is InChI=1S/C15H12N4O3S/c1-9-4-2-3-5-10(9)12(20)17-18-13(21)11-8-16-15-19(14(11)22)6-7-23-15/h2-8H,1H3,(H,17,20)(H,18,21). The van der Waals surface area contributed by atoms with E-state index in [0.29, 0.717) is 10.5 Å². The molecule has 0 aliphatic carbocycles. The number of fused-ring (bicyclic) bond motifs is 1. The fourth-order valence-electron chi connectivity index (χ4n) is 2.06. The van der Waals surface area contributed by atoms with Gasteiger partial charge in [-0.1, -0.05) is 18.2 Å². The normalized spacial score (nSPS) is 10.5. The lowest BCUT2D eigenvalue weighted by Crippen LogP contribution is -2.43. The van der Waals surface area contributed by atoms with Crippen LogP contribution in [0.25, 0.3) is 4.96 Å². The number of amides is 2. The highest BCUT2D eigenvalue weighted by Gasteiger charge is 2.15. The van der Waals surface area contributed by atoms with E-state index < -0.39 is 17.4 Å². The molecule has 0 spiro atoms. The summed E-state index contributed by atoms with van der Waals surface area (Å²) < 4.78 is 1.28. The predicted octanol–water partition coefficient (Wildman–Crippen LogP) is 1.14. The summed E-state index contributed by atoms with van der Waals surface area (Å²) in [6, 6.07) is 6.97. The highest BCUT2D eigenvalue weighted by Crippen LogP contribution is 2.07. The summed E-state index contributed by atoms with van der Waals surface area (Å²) in [5, 5.41) is 1.70. The number of thiazole rings is 1. The molecule has 0 aliphatic heterocycles. The molecule has 0 fully saturated rings. The number of hydrogen-bond donors (Lipinski definition) is 2. The van der Waals surface area contributed by atoms with Crippen LogP contribution in [0.15, 0.2) is 46.8 Å². The molecule has 0 saturated carbocycles. The molecule has 0 bridgehead atoms. The maximum absolute atomic E-state index is 12.2. The van der Waals surface area contributed by atoms with Crippen molar-refractivity contribution in [1.82, 2.24) is 20.2 Å². The molecule has 1 aromatic carbocycles. The first kappa shape index (κ1) is 14.9. The molecule has 0 aliphatic rings. The molecule has 2 amide bonds. The van der Waals surface area contributed by atoms with Crippen molar-refractivity contribution in [3.8, 4) is 0 Å². The van der Waals surface area contributed by atoms with Crippen LogP contribution < -0.4 is 16.4 Å². The maximum atomic E-state index is 12.2. The van der Waals surface area contributed by atoms with Gasteiger partial charge in [-0.05, 0) is 18.6 Å². The van der Waals surface area contributed by atoms with Gasteiger partial charge in [-0.25, -0.2) is 4.98 Å². The van der Waals surface area contributed by atoms with Crippen molar-refractivity contribution in [3.63, 3.8) is 0 Å². The number of aromatic nitrogens is 2. The van der Waals surface area contributed by atoms with E-state index in [2.05, 4.69) is 15.8 Å². The van der Waals surface area contributed by atoms with Crippen LogP contribution in [-0.2, 0) is 0 Å². The van der Waals surface area contributed by atoms with Gasteiger partial charge in [-0.2, -0.15) is 0 Å². The Balaban J connectivity index is 1.76. The van der Waals surface area contributed by atoms with Crippen molar-refractivity contribution in [2.24, 2.45) is 0 Å². The lowest BCUT2D eigenvalue weighted by molar-refractivity contribution is 0.0845. The summed E-state index contributed by atoms with van der Waals surface area (Å²) in [7, 11) is 0. The van der Waals surface area contributed by atoms with Gasteiger partial charge in [0.2, 0.25) is 0 Å². The van der Waals surface area contributed by atoms with Crippen molar-refractivity contribution >= 4 is 28.1 Å². The molecule has 0 unspecified atom stereocenters. The third-order valence-corrected chi connectivity index (χ3v) is 4.04. The van der Waals surface area contributed by atoms with Crippen molar-refractivity contribution < 1.29 is 9.59 Å². The summed E-state index contributed by atoms with van der Waals surface area (Å²) in [5.41, 5.74) is 5.11. The number of hydrogen-bond acceptors (Lipinski definition) is 5. The van der Waals surface area contributed by atoms with E-state index in [1.54, 1.807) is 30.5 Å². The average molecular weight is 328 g/mol. The number of nitrogens with one attached hydrogen (secondary N) is 2. The zero-order valence-electron chi connectivity index (χ0n) is 12.1. The first-order valence-electron chi connectivity index (χ1n) is 6.69. The first-order chi connectivity index (χ1) is 11.1. The Labute approximate surface area is 134 Å². The molecule has 3 rings (SSSR count). The fourth-order valence-corrected chi connectivity index (χ4v) is 2.73. The Morgan fingerprint density at radius 2 is 1.83 bits per heavy atom. The monoisotopic (exact) mass is 328 g/mol. The second-order valence-electron chi connectivity index (χ2n) is 4.76. The first-order valence-corrected chi connectivity index (χ1v) is 7.57. The van der Waals surface area contributed by atoms with Gasteiger partial charge in [0.15, 0.2) is 4.96 Å². The van der Waals surface area contributed by atoms with E-state index in [0.717, 1.165) is 5.56 Å². The van der Waals surface area contributed by atoms with E-state index in [1.165, 1.54) is 28.1 Å². The second kappa shape index (κ2) is 6.01. The van der Waals surface area contributed by atoms with E-state index in [9.17, 15) is 14.4 Å². The quantitative estimate of drug-likeness (QED) is 0.690. The zero-order valence-corrected chi connectivity index (χ0v) is 12.9. The summed E-state index contributed by atoms with van der Waals surface area (Å²) in [4.78, 5) is 40.8. The van der Waals surface area contributed by atoms with Gasteiger partial charge in [0.25, 0.3) is 17.4 Å². The number of benzene rings is 1. The van der Waals surface area contributed by atoms with Crippen molar-refractivity contribution in [2.45, 2.75) is 6.92 Å². The zero-order chi connectivity index (χ0) is 16.4. The lowest BCUT2D eigenvalue weighted by Gasteiger charge is -2.08. The van der Waals surface area contributed by atoms with E-state index >= 15 is 0 Å². The van der Waals surface area contributed by atoms with E-state index in [-0.39, 0.29) is 5.56 Å². The lowest BCUT2D eigenvalue weighted by atomic mass is 10.1. The summed E-state index contributed by atoms with van der Waals surface area (Å²) in [6.45, 7) is 1.79. The largest absolute Gasteiger partial charge is 0.276 e. The van der Waals surface area contributed by atoms with Gasteiger partial charge >= 0.3 is 0 Å². The third kappa shape index (κ3) is 2.84. The number of nitrogens with zero attached hydrogens (tertiary/aromatic N) is 2. The Morgan fingerprint density at radius 3 is 2.57 bits per heavy atom. The minimum atomic E-state index is -0.718. The predicted molar refractivity (Wildman–Crippen MR) is 85.5 cm³/mol. The number of carbonyl (C=O) groups is 2. The SMILES string of the molecule is Cc1ccccc1C(=O)NNC(=O)c1cnc2sccn2c1=O. The van der Waals surface area contributed by atoms with Crippen molar-refractivity contribution in [1.29, 1.82) is 0 Å². The van der Waals surface area contributed by atoms with E-state index in [1.807, 2.05) is 6.07 Å². The number of hydrazine groups is 1. The van der Waals surface area contributed by atoms with Crippen LogP contribution in [0.1, 0.15) is 26.3 Å². The van der Waals surface area contributed by atoms with Crippen LogP contribution >= 0.6 is 11.3 Å². The minimum Gasteiger partial charge on any atom is -0.268 e. The molecule has 23 heavy (non-hydrogen) atoms. The maximum Gasteiger partial charge on any atom is 0.276 e. The average Bonchev–Trinajstić information content (AvgIpc) is 3.02. The molecular weight excluding hydrogens is 316 g/mol. The van der Waals surface area contributed by atoms with Crippen molar-refractivity contribution in [3.05, 3.63) is 69.1 Å². The highest BCUT2D eigenvalue weighted by atomic mass is 32.1. The van der Waals surface area contributed by atoms with Crippen LogP contribution in [0.5, 0.6) is 0 Å². The van der Waals surface area contributed by atoms with Crippen LogP contribution in [0.4, 0.5) is 0 Å². The molecular formula is C15H12N4O3S. The number of aryl methyl sites for hydroxylation is 1. The molecule has 7 nitrogen and oxygen atoms in total. The van der Waals surface area contributed by atoms with Gasteiger partial charge in [0, 0.05) is 23.3 Å². The molecule has 2 N–H and O–H groups in total. The van der Waals surface area contributed by atoms with Crippen LogP contribution in [0, 0.1) is 6.92 Å². The van der Waals surface area contributed by atoms with Gasteiger partial charge in [0.05, 0.1) is 0 Å². The third-order valence-electron chi connectivity index (χ3n) is 3.27. The molecule has 2 aromatic heterocycles. The molecule has 8 heteroatoms. The topological polar surface area (TPSA) is 92.6 Å². The number of rotatable bonds is 2. The Hall–Kier alpha value is -3.00. The molecule has 116 valence electrons. The van der Waals surface area contributed by atoms with Gasteiger partial charge < -0.3 is 0 Å². The minimum absolute atomic E-state index is 0.147. The fraction of sp³-hybridized carbons (Fsp3) is 0.0667. The van der Waals surface area contributed by atoms with Gasteiger partial charge in [0.1, 0.15) is 5.56 Å². The second-order valence-corrected chi connectivity index (χ2v) is 5.63. The highest BCUT2D eigenvalue weighted by molar-refractivity contribution is 7.15. The van der Waals surface area contributed by atoms with Crippen LogP contribution in [0.3, 0.4) is 0 Å². The molecule has 0 radical (unpaired) electrons. The Morgan fingerprint density at radius 1 is 1.13 bits per heavy atom. The van der Waals surface area contributed by atoms with Crippen molar-refractivity contribution in [2.75, 3.05) is 0 Å². The summed E-state index contributed by atoms with van der Waals surface area (Å²) >= 11 is 1.29. The van der Waals surface area contributed by atoms with Gasteiger partial charge in [-0.15, -0.1) is 11.3 Å². The molecule has 2 heterocycles.